The van der Waals surface area contributed by atoms with Crippen molar-refractivity contribution >= 4 is 0 Å². The molecule has 2 aliphatic rings. The van der Waals surface area contributed by atoms with Crippen LogP contribution in [-0.2, 0) is 0 Å². The fourth-order valence-electron chi connectivity index (χ4n) is 5.38. The summed E-state index contributed by atoms with van der Waals surface area (Å²) >= 11 is 0. The van der Waals surface area contributed by atoms with Gasteiger partial charge >= 0.3 is 0 Å². The first-order valence-electron chi connectivity index (χ1n) is 11.2. The van der Waals surface area contributed by atoms with Gasteiger partial charge in [0.15, 0.2) is 11.6 Å². The van der Waals surface area contributed by atoms with E-state index in [9.17, 15) is 8.78 Å². The van der Waals surface area contributed by atoms with Gasteiger partial charge in [-0.3, -0.25) is 0 Å². The van der Waals surface area contributed by atoms with E-state index in [2.05, 4.69) is 6.58 Å². The highest BCUT2D eigenvalue weighted by atomic mass is 19.2. The Labute approximate surface area is 164 Å². The minimum Gasteiger partial charge on any atom is -0.204 e. The van der Waals surface area contributed by atoms with Crippen molar-refractivity contribution in [1.29, 1.82) is 0 Å². The van der Waals surface area contributed by atoms with Crippen LogP contribution in [0, 0.1) is 29.4 Å². The van der Waals surface area contributed by atoms with Gasteiger partial charge in [-0.15, -0.1) is 6.58 Å². The lowest BCUT2D eigenvalue weighted by atomic mass is 9.74. The Hall–Kier alpha value is -1.18. The third-order valence-electron chi connectivity index (χ3n) is 7.23. The molecule has 0 atom stereocenters. The van der Waals surface area contributed by atoms with Crippen LogP contribution in [0.25, 0.3) is 0 Å². The van der Waals surface area contributed by atoms with Gasteiger partial charge in [0.1, 0.15) is 0 Å². The largest absolute Gasteiger partial charge is 0.204 e. The van der Waals surface area contributed by atoms with Crippen LogP contribution < -0.4 is 0 Å². The topological polar surface area (TPSA) is 0 Å². The fraction of sp³-hybridized carbons (Fsp3) is 0.680. The molecule has 2 fully saturated rings. The van der Waals surface area contributed by atoms with Crippen molar-refractivity contribution < 1.29 is 8.78 Å². The van der Waals surface area contributed by atoms with E-state index < -0.39 is 11.6 Å². The van der Waals surface area contributed by atoms with E-state index in [0.717, 1.165) is 36.2 Å². The number of halogens is 2. The number of hydrogen-bond acceptors (Lipinski definition) is 0. The lowest BCUT2D eigenvalue weighted by Crippen LogP contribution is -2.18. The van der Waals surface area contributed by atoms with E-state index in [-0.39, 0.29) is 0 Å². The summed E-state index contributed by atoms with van der Waals surface area (Å²) in [4.78, 5) is 0. The first kappa shape index (κ1) is 20.6. The maximum Gasteiger partial charge on any atom is 0.159 e. The maximum atomic E-state index is 13.5. The van der Waals surface area contributed by atoms with Gasteiger partial charge in [0, 0.05) is 0 Å². The molecular weight excluding hydrogens is 338 g/mol. The lowest BCUT2D eigenvalue weighted by molar-refractivity contribution is 0.223. The number of allylic oxidation sites excluding steroid dienone is 1. The van der Waals surface area contributed by atoms with Gasteiger partial charge in [0.2, 0.25) is 0 Å². The summed E-state index contributed by atoms with van der Waals surface area (Å²) in [5, 5.41) is 0. The second-order valence-corrected chi connectivity index (χ2v) is 9.07. The molecule has 0 spiro atoms. The monoisotopic (exact) mass is 374 g/mol. The van der Waals surface area contributed by atoms with E-state index in [0.29, 0.717) is 5.92 Å². The Morgan fingerprint density at radius 3 is 1.89 bits per heavy atom. The summed E-state index contributed by atoms with van der Waals surface area (Å²) in [6, 6.07) is 4.47. The van der Waals surface area contributed by atoms with E-state index in [4.69, 9.17) is 0 Å². The van der Waals surface area contributed by atoms with Crippen molar-refractivity contribution in [3.8, 4) is 0 Å². The second kappa shape index (κ2) is 10.4. The maximum absolute atomic E-state index is 13.5. The van der Waals surface area contributed by atoms with Gasteiger partial charge in [-0.2, -0.15) is 0 Å². The molecule has 0 unspecified atom stereocenters. The third-order valence-corrected chi connectivity index (χ3v) is 7.23. The first-order valence-corrected chi connectivity index (χ1v) is 11.2. The van der Waals surface area contributed by atoms with Crippen molar-refractivity contribution in [2.75, 3.05) is 0 Å². The van der Waals surface area contributed by atoms with Gasteiger partial charge in [0.05, 0.1) is 0 Å². The van der Waals surface area contributed by atoms with E-state index >= 15 is 0 Å². The summed E-state index contributed by atoms with van der Waals surface area (Å²) in [7, 11) is 0. The molecule has 1 aromatic carbocycles. The summed E-state index contributed by atoms with van der Waals surface area (Å²) in [6.45, 7) is 3.82. The minimum absolute atomic E-state index is 0.419. The molecule has 0 radical (unpaired) electrons. The molecule has 0 amide bonds. The highest BCUT2D eigenvalue weighted by molar-refractivity contribution is 5.22. The number of unbranched alkanes of at least 4 members (excludes halogenated alkanes) is 1. The van der Waals surface area contributed by atoms with Crippen molar-refractivity contribution in [2.45, 2.75) is 89.4 Å². The normalized spacial score (nSPS) is 28.8. The first-order chi connectivity index (χ1) is 13.2. The number of hydrogen-bond donors (Lipinski definition) is 0. The lowest BCUT2D eigenvalue weighted by Gasteiger charge is -2.32. The number of rotatable bonds is 8. The molecule has 27 heavy (non-hydrogen) atoms. The van der Waals surface area contributed by atoms with Crippen LogP contribution in [0.2, 0.25) is 0 Å². The van der Waals surface area contributed by atoms with E-state index in [1.54, 1.807) is 6.07 Å². The molecular formula is C25H36F2. The smallest absolute Gasteiger partial charge is 0.159 e. The molecule has 0 bridgehead atoms. The molecule has 2 saturated carbocycles. The molecule has 0 N–H and O–H groups in total. The van der Waals surface area contributed by atoms with Crippen LogP contribution in [0.5, 0.6) is 0 Å². The zero-order chi connectivity index (χ0) is 19.1. The third kappa shape index (κ3) is 6.16. The molecule has 2 heteroatoms. The molecule has 0 nitrogen and oxygen atoms in total. The standard InChI is InChI=1S/C25H36F2/c1-2-3-4-5-19-6-8-20(9-7-19)10-11-21-12-14-22(15-13-21)23-16-17-24(26)25(27)18-23/h2,16-22H,1,3-15H2/t19-,20-,21?,22?. The van der Waals surface area contributed by atoms with Gasteiger partial charge in [0.25, 0.3) is 0 Å². The van der Waals surface area contributed by atoms with Crippen molar-refractivity contribution in [2.24, 2.45) is 17.8 Å². The second-order valence-electron chi connectivity index (χ2n) is 9.07. The average molecular weight is 375 g/mol. The summed E-state index contributed by atoms with van der Waals surface area (Å²) in [5.74, 6) is 1.74. The Morgan fingerprint density at radius 1 is 0.778 bits per heavy atom. The quantitative estimate of drug-likeness (QED) is 0.318. The van der Waals surface area contributed by atoms with Crippen LogP contribution in [0.15, 0.2) is 30.9 Å². The molecule has 0 heterocycles. The summed E-state index contributed by atoms with van der Waals surface area (Å²) < 4.78 is 26.6. The molecule has 0 aliphatic heterocycles. The van der Waals surface area contributed by atoms with Crippen LogP contribution in [0.4, 0.5) is 8.78 Å². The van der Waals surface area contributed by atoms with Crippen LogP contribution in [0.3, 0.4) is 0 Å². The minimum atomic E-state index is -0.733. The highest BCUT2D eigenvalue weighted by Crippen LogP contribution is 2.40. The Balaban J connectivity index is 1.33. The Morgan fingerprint density at radius 2 is 1.33 bits per heavy atom. The van der Waals surface area contributed by atoms with Crippen molar-refractivity contribution in [3.63, 3.8) is 0 Å². The Bertz CT molecular complexity index is 578. The van der Waals surface area contributed by atoms with Crippen LogP contribution in [-0.4, -0.2) is 0 Å². The van der Waals surface area contributed by atoms with Crippen LogP contribution >= 0.6 is 0 Å². The number of benzene rings is 1. The van der Waals surface area contributed by atoms with E-state index in [1.807, 2.05) is 6.08 Å². The Kier molecular flexibility index (Phi) is 7.91. The van der Waals surface area contributed by atoms with Crippen molar-refractivity contribution in [3.05, 3.63) is 48.1 Å². The van der Waals surface area contributed by atoms with E-state index in [1.165, 1.54) is 82.8 Å². The predicted octanol–water partition coefficient (Wildman–Crippen LogP) is 8.18. The molecule has 3 rings (SSSR count). The highest BCUT2D eigenvalue weighted by Gasteiger charge is 2.25. The van der Waals surface area contributed by atoms with Gasteiger partial charge in [-0.05, 0) is 79.9 Å². The zero-order valence-corrected chi connectivity index (χ0v) is 16.8. The summed E-state index contributed by atoms with van der Waals surface area (Å²) in [6.07, 6.45) is 19.2. The summed E-state index contributed by atoms with van der Waals surface area (Å²) in [5.41, 5.74) is 0.988. The van der Waals surface area contributed by atoms with Gasteiger partial charge < -0.3 is 0 Å². The fourth-order valence-corrected chi connectivity index (χ4v) is 5.38. The molecule has 2 aliphatic carbocycles. The predicted molar refractivity (Wildman–Crippen MR) is 110 cm³/mol. The average Bonchev–Trinajstić information content (AvgIpc) is 2.70. The van der Waals surface area contributed by atoms with Gasteiger partial charge in [-0.25, -0.2) is 8.78 Å². The molecule has 0 aromatic heterocycles. The SMILES string of the molecule is C=CCCC[C@H]1CC[C@H](CCC2CCC(c3ccc(F)c(F)c3)CC2)CC1. The molecule has 150 valence electrons. The zero-order valence-electron chi connectivity index (χ0n) is 16.8. The van der Waals surface area contributed by atoms with Crippen molar-refractivity contribution in [1.82, 2.24) is 0 Å². The molecule has 1 aromatic rings. The molecule has 0 saturated heterocycles. The van der Waals surface area contributed by atoms with Gasteiger partial charge in [-0.1, -0.05) is 57.1 Å². The van der Waals surface area contributed by atoms with Crippen LogP contribution in [0.1, 0.15) is 95.0 Å².